The van der Waals surface area contributed by atoms with Gasteiger partial charge in [-0.3, -0.25) is 0 Å². The zero-order chi connectivity index (χ0) is 20.0. The molecular weight excluding hydrogens is 373 g/mol. The number of aromatic hydroxyl groups is 1. The molecule has 2 N–H and O–H groups in total. The van der Waals surface area contributed by atoms with Crippen LogP contribution in [0.4, 0.5) is 10.2 Å². The van der Waals surface area contributed by atoms with Gasteiger partial charge in [-0.05, 0) is 31.4 Å². The highest BCUT2D eigenvalue weighted by Gasteiger charge is 2.43. The van der Waals surface area contributed by atoms with Crippen LogP contribution in [0, 0.1) is 0 Å². The quantitative estimate of drug-likeness (QED) is 0.699. The molecule has 9 heteroatoms. The molecule has 3 aromatic rings. The maximum absolute atomic E-state index is 14.8. The van der Waals surface area contributed by atoms with Crippen LogP contribution in [0.15, 0.2) is 43.1 Å². The molecule has 2 unspecified atom stereocenters. The minimum atomic E-state index is -0.944. The van der Waals surface area contributed by atoms with E-state index in [1.54, 1.807) is 41.6 Å². The number of phenols is 1. The summed E-state index contributed by atoms with van der Waals surface area (Å²) >= 11 is 0. The number of alkyl halides is 1. The molecule has 2 aliphatic rings. The summed E-state index contributed by atoms with van der Waals surface area (Å²) < 4.78 is 16.6. The van der Waals surface area contributed by atoms with Crippen molar-refractivity contribution in [2.45, 2.75) is 43.6 Å². The molecule has 0 saturated carbocycles. The van der Waals surface area contributed by atoms with E-state index in [1.807, 2.05) is 18.0 Å². The van der Waals surface area contributed by atoms with Crippen LogP contribution in [0.3, 0.4) is 0 Å². The minimum Gasteiger partial charge on any atom is -0.507 e. The number of nitrogens with one attached hydrogen (secondary N) is 1. The zero-order valence-electron chi connectivity index (χ0n) is 16.0. The number of benzene rings is 1. The van der Waals surface area contributed by atoms with Crippen LogP contribution in [0.1, 0.15) is 19.3 Å². The van der Waals surface area contributed by atoms with E-state index < -0.39 is 6.17 Å². The molecule has 2 aliphatic heterocycles. The van der Waals surface area contributed by atoms with Crippen LogP contribution in [0.2, 0.25) is 0 Å². The molecule has 4 atom stereocenters. The molecular formula is C20H22FN7O. The van der Waals surface area contributed by atoms with Crippen molar-refractivity contribution in [3.63, 3.8) is 0 Å². The Labute approximate surface area is 167 Å². The summed E-state index contributed by atoms with van der Waals surface area (Å²) in [6.45, 7) is 0. The van der Waals surface area contributed by atoms with E-state index in [4.69, 9.17) is 0 Å². The Hall–Kier alpha value is -3.07. The molecule has 2 saturated heterocycles. The summed E-state index contributed by atoms with van der Waals surface area (Å²) in [5, 5.41) is 22.2. The summed E-state index contributed by atoms with van der Waals surface area (Å²) in [5.74, 6) is 0.897. The first-order valence-electron chi connectivity index (χ1n) is 9.74. The highest BCUT2D eigenvalue weighted by molar-refractivity contribution is 5.66. The van der Waals surface area contributed by atoms with Gasteiger partial charge in [0.05, 0.1) is 29.8 Å². The van der Waals surface area contributed by atoms with Crippen molar-refractivity contribution in [3.05, 3.63) is 43.1 Å². The molecule has 2 bridgehead atoms. The van der Waals surface area contributed by atoms with Crippen molar-refractivity contribution >= 4 is 5.82 Å². The molecule has 0 spiro atoms. The summed E-state index contributed by atoms with van der Waals surface area (Å²) in [6, 6.07) is 5.27. The Morgan fingerprint density at radius 3 is 2.90 bits per heavy atom. The number of hydrogen-bond acceptors (Lipinski definition) is 7. The van der Waals surface area contributed by atoms with Crippen molar-refractivity contribution in [2.75, 3.05) is 11.9 Å². The van der Waals surface area contributed by atoms with Crippen LogP contribution >= 0.6 is 0 Å². The van der Waals surface area contributed by atoms with E-state index in [0.29, 0.717) is 23.2 Å². The summed E-state index contributed by atoms with van der Waals surface area (Å²) in [7, 11) is 1.84. The Morgan fingerprint density at radius 2 is 2.17 bits per heavy atom. The third-order valence-corrected chi connectivity index (χ3v) is 5.99. The number of aromatic nitrogens is 5. The Morgan fingerprint density at radius 1 is 1.28 bits per heavy atom. The number of hydrogen-bond donors (Lipinski definition) is 2. The Bertz CT molecular complexity index is 995. The van der Waals surface area contributed by atoms with Crippen molar-refractivity contribution < 1.29 is 9.50 Å². The SMILES string of the molecule is CN(c1cnc(-c2ccc(-n3ccnc3)cc2O)nn1)[C@@H]1CC2CCC(N2)[C@@H]1F. The first-order valence-corrected chi connectivity index (χ1v) is 9.74. The van der Waals surface area contributed by atoms with E-state index in [-0.39, 0.29) is 17.8 Å². The summed E-state index contributed by atoms with van der Waals surface area (Å²) in [5.41, 5.74) is 1.27. The number of halogens is 1. The van der Waals surface area contributed by atoms with Gasteiger partial charge in [0, 0.05) is 37.6 Å². The second-order valence-electron chi connectivity index (χ2n) is 7.72. The van der Waals surface area contributed by atoms with E-state index in [0.717, 1.165) is 24.9 Å². The highest BCUT2D eigenvalue weighted by atomic mass is 19.1. The van der Waals surface area contributed by atoms with Crippen molar-refractivity contribution in [1.29, 1.82) is 0 Å². The van der Waals surface area contributed by atoms with Gasteiger partial charge in [0.2, 0.25) is 0 Å². The van der Waals surface area contributed by atoms with Gasteiger partial charge < -0.3 is 19.9 Å². The number of imidazole rings is 1. The lowest BCUT2D eigenvalue weighted by Crippen LogP contribution is -2.55. The third-order valence-electron chi connectivity index (χ3n) is 5.99. The number of fused-ring (bicyclic) bond motifs is 2. The molecule has 2 fully saturated rings. The van der Waals surface area contributed by atoms with Crippen LogP contribution in [-0.2, 0) is 0 Å². The molecule has 8 nitrogen and oxygen atoms in total. The molecule has 1 aromatic carbocycles. The molecule has 4 heterocycles. The summed E-state index contributed by atoms with van der Waals surface area (Å²) in [6.07, 6.45) is 8.41. The van der Waals surface area contributed by atoms with E-state index >= 15 is 0 Å². The Balaban J connectivity index is 1.36. The first kappa shape index (κ1) is 18.0. The maximum atomic E-state index is 14.8. The molecule has 0 aliphatic carbocycles. The average molecular weight is 395 g/mol. The number of rotatable bonds is 4. The predicted molar refractivity (Wildman–Crippen MR) is 106 cm³/mol. The van der Waals surface area contributed by atoms with E-state index in [9.17, 15) is 9.50 Å². The lowest BCUT2D eigenvalue weighted by molar-refractivity contribution is 0.176. The number of nitrogens with zero attached hydrogens (tertiary/aromatic N) is 6. The fourth-order valence-electron chi connectivity index (χ4n) is 4.35. The second kappa shape index (κ2) is 7.07. The molecule has 150 valence electrons. The van der Waals surface area contributed by atoms with Crippen LogP contribution < -0.4 is 10.2 Å². The molecule has 5 rings (SSSR count). The van der Waals surface area contributed by atoms with Gasteiger partial charge in [-0.15, -0.1) is 10.2 Å². The van der Waals surface area contributed by atoms with Crippen molar-refractivity contribution in [2.24, 2.45) is 0 Å². The van der Waals surface area contributed by atoms with Gasteiger partial charge >= 0.3 is 0 Å². The minimum absolute atomic E-state index is 0.0536. The Kier molecular flexibility index (Phi) is 4.39. The van der Waals surface area contributed by atoms with Crippen LogP contribution in [0.5, 0.6) is 5.75 Å². The lowest BCUT2D eigenvalue weighted by atomic mass is 9.96. The molecule has 2 aromatic heterocycles. The smallest absolute Gasteiger partial charge is 0.185 e. The fraction of sp³-hybridized carbons (Fsp3) is 0.400. The molecule has 0 amide bonds. The van der Waals surface area contributed by atoms with Crippen molar-refractivity contribution in [3.8, 4) is 22.8 Å². The summed E-state index contributed by atoms with van der Waals surface area (Å²) in [4.78, 5) is 10.2. The second-order valence-corrected chi connectivity index (χ2v) is 7.72. The normalized spacial score (nSPS) is 25.9. The van der Waals surface area contributed by atoms with Crippen LogP contribution in [-0.4, -0.2) is 61.2 Å². The lowest BCUT2D eigenvalue weighted by Gasteiger charge is -2.38. The zero-order valence-corrected chi connectivity index (χ0v) is 16.0. The van der Waals surface area contributed by atoms with Gasteiger partial charge in [0.25, 0.3) is 0 Å². The van der Waals surface area contributed by atoms with Crippen LogP contribution in [0.25, 0.3) is 17.1 Å². The topological polar surface area (TPSA) is 92.0 Å². The number of anilines is 1. The number of piperidine rings is 1. The third kappa shape index (κ3) is 3.21. The van der Waals surface area contributed by atoms with Gasteiger partial charge in [-0.1, -0.05) is 0 Å². The predicted octanol–water partition coefficient (Wildman–Crippen LogP) is 2.10. The highest BCUT2D eigenvalue weighted by Crippen LogP contribution is 2.33. The van der Waals surface area contributed by atoms with E-state index in [1.165, 1.54) is 0 Å². The van der Waals surface area contributed by atoms with Crippen molar-refractivity contribution in [1.82, 2.24) is 30.0 Å². The maximum Gasteiger partial charge on any atom is 0.185 e. The molecule has 29 heavy (non-hydrogen) atoms. The average Bonchev–Trinajstić information content (AvgIpc) is 3.41. The number of phenolic OH excluding ortho intramolecular Hbond substituents is 1. The van der Waals surface area contributed by atoms with Gasteiger partial charge in [-0.25, -0.2) is 14.4 Å². The standard InChI is InChI=1S/C20H22FN7O/c1-27(16-8-12-2-5-15(24-12)19(16)21)18-10-23-20(26-25-18)14-4-3-13(9-17(14)29)28-7-6-22-11-28/h3-4,6-7,9-12,15-16,19,24,29H,2,5,8H2,1H3/t12?,15?,16-,19+/m1/s1. The monoisotopic (exact) mass is 395 g/mol. The van der Waals surface area contributed by atoms with Gasteiger partial charge in [0.15, 0.2) is 11.6 Å². The fourth-order valence-corrected chi connectivity index (χ4v) is 4.35. The van der Waals surface area contributed by atoms with Gasteiger partial charge in [-0.2, -0.15) is 0 Å². The van der Waals surface area contributed by atoms with E-state index in [2.05, 4.69) is 25.5 Å². The largest absolute Gasteiger partial charge is 0.507 e. The van der Waals surface area contributed by atoms with Gasteiger partial charge in [0.1, 0.15) is 11.9 Å². The molecule has 0 radical (unpaired) electrons. The first-order chi connectivity index (χ1) is 14.1.